The Bertz CT molecular complexity index is 788. The highest BCUT2D eigenvalue weighted by molar-refractivity contribution is 7.99. The summed E-state index contributed by atoms with van der Waals surface area (Å²) in [5.41, 5.74) is 2.55. The number of para-hydroxylation sites is 2. The number of fused-ring (bicyclic) bond motifs is 1. The third-order valence-corrected chi connectivity index (χ3v) is 5.41. The number of amides is 2. The lowest BCUT2D eigenvalue weighted by atomic mass is 10.1. The molecule has 2 heterocycles. The lowest BCUT2D eigenvalue weighted by Crippen LogP contribution is -2.46. The zero-order valence-corrected chi connectivity index (χ0v) is 15.3. The number of carbonyl (C=O) groups is 2. The van der Waals surface area contributed by atoms with Crippen LogP contribution in [0.5, 0.6) is 0 Å². The van der Waals surface area contributed by atoms with E-state index in [9.17, 15) is 9.59 Å². The predicted molar refractivity (Wildman–Crippen MR) is 98.4 cm³/mol. The molecule has 0 unspecified atom stereocenters. The van der Waals surface area contributed by atoms with Crippen molar-refractivity contribution in [3.05, 3.63) is 30.0 Å². The largest absolute Gasteiger partial charge is 0.353 e. The number of benzene rings is 1. The molecule has 0 spiro atoms. The topological polar surface area (TPSA) is 75.2 Å². The Balaban J connectivity index is 1.53. The van der Waals surface area contributed by atoms with Crippen LogP contribution in [0.2, 0.25) is 0 Å². The zero-order chi connectivity index (χ0) is 17.8. The van der Waals surface area contributed by atoms with Gasteiger partial charge in [0.1, 0.15) is 5.03 Å². The number of likely N-dealkylation sites (tertiary alicyclic amines) is 1. The van der Waals surface area contributed by atoms with Crippen LogP contribution in [-0.4, -0.2) is 51.6 Å². The van der Waals surface area contributed by atoms with Crippen LogP contribution in [0.3, 0.4) is 0 Å². The minimum absolute atomic E-state index is 0.000587. The standard InChI is InChI=1S/C18H22N4O2S/c1-12-18(21-16-6-4-3-5-15(16)19-12)25-11-17(24)20-14-7-9-22(10-8-14)13(2)23/h3-6,14H,7-11H2,1-2H3,(H,20,24). The molecule has 1 aromatic carbocycles. The van der Waals surface area contributed by atoms with Gasteiger partial charge in [0.25, 0.3) is 0 Å². The number of hydrogen-bond acceptors (Lipinski definition) is 5. The van der Waals surface area contributed by atoms with E-state index in [4.69, 9.17) is 0 Å². The van der Waals surface area contributed by atoms with Gasteiger partial charge in [0, 0.05) is 26.1 Å². The summed E-state index contributed by atoms with van der Waals surface area (Å²) in [6.45, 7) is 4.92. The summed E-state index contributed by atoms with van der Waals surface area (Å²) in [5, 5.41) is 3.85. The first-order chi connectivity index (χ1) is 12.0. The monoisotopic (exact) mass is 358 g/mol. The molecule has 1 saturated heterocycles. The molecule has 0 saturated carbocycles. The van der Waals surface area contributed by atoms with Crippen LogP contribution < -0.4 is 5.32 Å². The van der Waals surface area contributed by atoms with E-state index in [1.165, 1.54) is 11.8 Å². The molecule has 2 amide bonds. The molecule has 1 N–H and O–H groups in total. The fraction of sp³-hybridized carbons (Fsp3) is 0.444. The van der Waals surface area contributed by atoms with E-state index in [2.05, 4.69) is 15.3 Å². The second-order valence-corrected chi connectivity index (χ2v) is 7.20. The Morgan fingerprint density at radius 3 is 2.48 bits per heavy atom. The predicted octanol–water partition coefficient (Wildman–Crippen LogP) is 2.16. The number of aryl methyl sites for hydroxylation is 1. The van der Waals surface area contributed by atoms with Crippen LogP contribution in [-0.2, 0) is 9.59 Å². The van der Waals surface area contributed by atoms with Gasteiger partial charge < -0.3 is 10.2 Å². The highest BCUT2D eigenvalue weighted by Crippen LogP contribution is 2.22. The third-order valence-electron chi connectivity index (χ3n) is 4.35. The SMILES string of the molecule is CC(=O)N1CCC(NC(=O)CSc2nc3ccccc3nc2C)CC1. The molecule has 1 aromatic heterocycles. The first-order valence-corrected chi connectivity index (χ1v) is 9.42. The van der Waals surface area contributed by atoms with Crippen LogP contribution in [0, 0.1) is 6.92 Å². The van der Waals surface area contributed by atoms with Crippen molar-refractivity contribution in [2.75, 3.05) is 18.8 Å². The summed E-state index contributed by atoms with van der Waals surface area (Å²) in [7, 11) is 0. The molecule has 6 nitrogen and oxygen atoms in total. The van der Waals surface area contributed by atoms with Crippen LogP contribution >= 0.6 is 11.8 Å². The van der Waals surface area contributed by atoms with E-state index in [1.807, 2.05) is 36.1 Å². The summed E-state index contributed by atoms with van der Waals surface area (Å²) in [6, 6.07) is 7.88. The molecule has 2 aromatic rings. The zero-order valence-electron chi connectivity index (χ0n) is 14.5. The summed E-state index contributed by atoms with van der Waals surface area (Å²) >= 11 is 1.41. The second-order valence-electron chi connectivity index (χ2n) is 6.24. The van der Waals surface area contributed by atoms with Gasteiger partial charge in [-0.25, -0.2) is 9.97 Å². The maximum atomic E-state index is 12.2. The van der Waals surface area contributed by atoms with Crippen molar-refractivity contribution in [3.8, 4) is 0 Å². The Labute approximate surface area is 151 Å². The number of rotatable bonds is 4. The summed E-state index contributed by atoms with van der Waals surface area (Å²) in [6.07, 6.45) is 1.62. The highest BCUT2D eigenvalue weighted by Gasteiger charge is 2.22. The average Bonchev–Trinajstić information content (AvgIpc) is 2.60. The van der Waals surface area contributed by atoms with Gasteiger partial charge in [-0.3, -0.25) is 9.59 Å². The Morgan fingerprint density at radius 2 is 1.84 bits per heavy atom. The van der Waals surface area contributed by atoms with E-state index >= 15 is 0 Å². The van der Waals surface area contributed by atoms with E-state index in [0.29, 0.717) is 18.8 Å². The number of carbonyl (C=O) groups excluding carboxylic acids is 2. The van der Waals surface area contributed by atoms with Crippen molar-refractivity contribution in [3.63, 3.8) is 0 Å². The molecule has 0 bridgehead atoms. The second kappa shape index (κ2) is 7.82. The van der Waals surface area contributed by atoms with E-state index in [0.717, 1.165) is 34.6 Å². The van der Waals surface area contributed by atoms with Crippen molar-refractivity contribution < 1.29 is 9.59 Å². The lowest BCUT2D eigenvalue weighted by molar-refractivity contribution is -0.130. The first-order valence-electron chi connectivity index (χ1n) is 8.44. The summed E-state index contributed by atoms with van der Waals surface area (Å²) in [5.74, 6) is 0.423. The van der Waals surface area contributed by atoms with Gasteiger partial charge in [-0.15, -0.1) is 0 Å². The first kappa shape index (κ1) is 17.7. The van der Waals surface area contributed by atoms with Crippen LogP contribution in [0.25, 0.3) is 11.0 Å². The Kier molecular flexibility index (Phi) is 5.53. The van der Waals surface area contributed by atoms with Gasteiger partial charge in [-0.2, -0.15) is 0 Å². The van der Waals surface area contributed by atoms with Crippen molar-refractivity contribution in [1.82, 2.24) is 20.2 Å². The Hall–Kier alpha value is -2.15. The van der Waals surface area contributed by atoms with Crippen LogP contribution in [0.15, 0.2) is 29.3 Å². The summed E-state index contributed by atoms with van der Waals surface area (Å²) in [4.78, 5) is 34.5. The van der Waals surface area contributed by atoms with Gasteiger partial charge in [-0.05, 0) is 31.9 Å². The van der Waals surface area contributed by atoms with Gasteiger partial charge in [0.2, 0.25) is 11.8 Å². The smallest absolute Gasteiger partial charge is 0.230 e. The molecule has 25 heavy (non-hydrogen) atoms. The summed E-state index contributed by atoms with van der Waals surface area (Å²) < 4.78 is 0. The maximum Gasteiger partial charge on any atom is 0.230 e. The van der Waals surface area contributed by atoms with Crippen LogP contribution in [0.4, 0.5) is 0 Å². The molecular formula is C18H22N4O2S. The number of nitrogens with zero attached hydrogens (tertiary/aromatic N) is 3. The number of aromatic nitrogens is 2. The maximum absolute atomic E-state index is 12.2. The van der Waals surface area contributed by atoms with Crippen molar-refractivity contribution in [2.24, 2.45) is 0 Å². The van der Waals surface area contributed by atoms with Gasteiger partial charge >= 0.3 is 0 Å². The third kappa shape index (κ3) is 4.48. The number of piperidine rings is 1. The van der Waals surface area contributed by atoms with Gasteiger partial charge in [0.05, 0.1) is 22.5 Å². The van der Waals surface area contributed by atoms with Crippen molar-refractivity contribution in [2.45, 2.75) is 37.8 Å². The molecular weight excluding hydrogens is 336 g/mol. The van der Waals surface area contributed by atoms with E-state index < -0.39 is 0 Å². The lowest BCUT2D eigenvalue weighted by Gasteiger charge is -2.31. The van der Waals surface area contributed by atoms with E-state index in [-0.39, 0.29) is 17.9 Å². The number of nitrogens with one attached hydrogen (secondary N) is 1. The molecule has 132 valence electrons. The quantitative estimate of drug-likeness (QED) is 0.848. The number of hydrogen-bond donors (Lipinski definition) is 1. The van der Waals surface area contributed by atoms with Gasteiger partial charge in [0.15, 0.2) is 0 Å². The molecule has 7 heteroatoms. The minimum atomic E-state index is 0.000587. The fourth-order valence-corrected chi connectivity index (χ4v) is 3.72. The average molecular weight is 358 g/mol. The minimum Gasteiger partial charge on any atom is -0.353 e. The normalized spacial score (nSPS) is 15.4. The van der Waals surface area contributed by atoms with Crippen molar-refractivity contribution >= 4 is 34.6 Å². The van der Waals surface area contributed by atoms with Crippen LogP contribution in [0.1, 0.15) is 25.5 Å². The molecule has 0 aliphatic carbocycles. The molecule has 1 aliphatic heterocycles. The van der Waals surface area contributed by atoms with E-state index in [1.54, 1.807) is 6.92 Å². The van der Waals surface area contributed by atoms with Gasteiger partial charge in [-0.1, -0.05) is 23.9 Å². The molecule has 0 atom stereocenters. The Morgan fingerprint density at radius 1 is 1.20 bits per heavy atom. The number of thioether (sulfide) groups is 1. The molecule has 0 radical (unpaired) electrons. The fourth-order valence-electron chi connectivity index (χ4n) is 2.95. The van der Waals surface area contributed by atoms with Crippen molar-refractivity contribution in [1.29, 1.82) is 0 Å². The molecule has 1 fully saturated rings. The highest BCUT2D eigenvalue weighted by atomic mass is 32.2. The molecule has 3 rings (SSSR count). The molecule has 1 aliphatic rings.